The largest absolute Gasteiger partial charge is 0.450 e. The van der Waals surface area contributed by atoms with Gasteiger partial charge in [0.25, 0.3) is 0 Å². The van der Waals surface area contributed by atoms with Crippen molar-refractivity contribution < 1.29 is 14.3 Å². The molecule has 2 aliphatic rings. The quantitative estimate of drug-likeness (QED) is 0.738. The zero-order chi connectivity index (χ0) is 16.2. The van der Waals surface area contributed by atoms with E-state index in [1.54, 1.807) is 11.0 Å². The summed E-state index contributed by atoms with van der Waals surface area (Å²) >= 11 is 0. The molecule has 1 unspecified atom stereocenters. The van der Waals surface area contributed by atoms with Gasteiger partial charge in [0.2, 0.25) is 5.91 Å². The summed E-state index contributed by atoms with van der Waals surface area (Å²) in [6, 6.07) is 0. The average molecular weight is 309 g/mol. The number of amides is 2. The molecule has 2 saturated heterocycles. The van der Waals surface area contributed by atoms with Gasteiger partial charge in [0.15, 0.2) is 0 Å². The van der Waals surface area contributed by atoms with Crippen molar-refractivity contribution in [1.82, 2.24) is 14.7 Å². The molecule has 0 N–H and O–H groups in total. The lowest BCUT2D eigenvalue weighted by atomic mass is 9.86. The number of rotatable bonds is 3. The topological polar surface area (TPSA) is 53.1 Å². The fourth-order valence-corrected chi connectivity index (χ4v) is 3.41. The first kappa shape index (κ1) is 16.8. The number of carbonyl (C=O) groups is 2. The van der Waals surface area contributed by atoms with E-state index in [9.17, 15) is 9.59 Å². The number of hydrogen-bond donors (Lipinski definition) is 0. The number of likely N-dealkylation sites (N-methyl/N-ethyl adjacent to an activating group) is 1. The van der Waals surface area contributed by atoms with Crippen LogP contribution in [0.2, 0.25) is 0 Å². The molecule has 6 nitrogen and oxygen atoms in total. The van der Waals surface area contributed by atoms with Gasteiger partial charge in [0.05, 0.1) is 6.61 Å². The van der Waals surface area contributed by atoms with Crippen LogP contribution < -0.4 is 0 Å². The van der Waals surface area contributed by atoms with Gasteiger partial charge in [-0.05, 0) is 26.8 Å². The number of likely N-dealkylation sites (tertiary alicyclic amines) is 1. The molecular formula is C16H27N3O3. The molecule has 124 valence electrons. The third kappa shape index (κ3) is 3.43. The smallest absolute Gasteiger partial charge is 0.409 e. The van der Waals surface area contributed by atoms with Crippen LogP contribution in [0, 0.1) is 0 Å². The molecule has 2 amide bonds. The van der Waals surface area contributed by atoms with Crippen molar-refractivity contribution >= 4 is 12.0 Å². The first-order chi connectivity index (χ1) is 10.5. The molecule has 0 saturated carbocycles. The summed E-state index contributed by atoms with van der Waals surface area (Å²) in [5.74, 6) is 0.179. The highest BCUT2D eigenvalue weighted by Gasteiger charge is 2.43. The number of nitrogens with zero attached hydrogens (tertiary/aromatic N) is 3. The summed E-state index contributed by atoms with van der Waals surface area (Å²) in [4.78, 5) is 30.2. The Labute approximate surface area is 132 Å². The molecule has 0 aromatic heterocycles. The normalized spacial score (nSPS) is 26.9. The van der Waals surface area contributed by atoms with E-state index in [1.807, 2.05) is 11.8 Å². The van der Waals surface area contributed by atoms with E-state index < -0.39 is 0 Å². The van der Waals surface area contributed by atoms with E-state index in [0.29, 0.717) is 39.2 Å². The van der Waals surface area contributed by atoms with Gasteiger partial charge in [-0.1, -0.05) is 6.08 Å². The van der Waals surface area contributed by atoms with Crippen LogP contribution in [0.3, 0.4) is 0 Å². The van der Waals surface area contributed by atoms with Crippen LogP contribution >= 0.6 is 0 Å². The second-order valence-corrected chi connectivity index (χ2v) is 6.14. The van der Waals surface area contributed by atoms with E-state index in [2.05, 4.69) is 18.5 Å². The van der Waals surface area contributed by atoms with Crippen molar-refractivity contribution in [2.24, 2.45) is 0 Å². The number of ether oxygens (including phenoxy) is 1. The van der Waals surface area contributed by atoms with E-state index in [1.165, 1.54) is 0 Å². The summed E-state index contributed by atoms with van der Waals surface area (Å²) in [6.45, 7) is 9.38. The van der Waals surface area contributed by atoms with Crippen molar-refractivity contribution in [3.8, 4) is 0 Å². The zero-order valence-electron chi connectivity index (χ0n) is 13.7. The summed E-state index contributed by atoms with van der Waals surface area (Å²) in [5, 5.41) is 0. The monoisotopic (exact) mass is 309 g/mol. The van der Waals surface area contributed by atoms with E-state index >= 15 is 0 Å². The van der Waals surface area contributed by atoms with E-state index in [4.69, 9.17) is 4.74 Å². The first-order valence-electron chi connectivity index (χ1n) is 8.04. The highest BCUT2D eigenvalue weighted by atomic mass is 16.6. The number of hydrogen-bond acceptors (Lipinski definition) is 4. The Balaban J connectivity index is 2.10. The Bertz CT molecular complexity index is 440. The molecule has 0 aliphatic carbocycles. The number of piperazine rings is 1. The molecule has 2 rings (SSSR count). The Morgan fingerprint density at radius 1 is 1.36 bits per heavy atom. The van der Waals surface area contributed by atoms with Crippen LogP contribution in [-0.4, -0.2) is 78.6 Å². The first-order valence-corrected chi connectivity index (χ1v) is 8.04. The van der Waals surface area contributed by atoms with Crippen molar-refractivity contribution in [3.63, 3.8) is 0 Å². The molecule has 2 fully saturated rings. The second-order valence-electron chi connectivity index (χ2n) is 6.14. The number of carbonyl (C=O) groups excluding carboxylic acids is 2. The lowest BCUT2D eigenvalue weighted by molar-refractivity contribution is -0.130. The lowest BCUT2D eigenvalue weighted by Gasteiger charge is -2.48. The minimum Gasteiger partial charge on any atom is -0.450 e. The van der Waals surface area contributed by atoms with Crippen molar-refractivity contribution in [2.75, 3.05) is 46.4 Å². The van der Waals surface area contributed by atoms with Crippen molar-refractivity contribution in [2.45, 2.75) is 31.7 Å². The molecule has 2 heterocycles. The lowest BCUT2D eigenvalue weighted by Crippen LogP contribution is -2.62. The Hall–Kier alpha value is -1.56. The molecule has 2 aliphatic heterocycles. The van der Waals surface area contributed by atoms with Gasteiger partial charge in [0.1, 0.15) is 0 Å². The predicted octanol–water partition coefficient (Wildman–Crippen LogP) is 1.33. The summed E-state index contributed by atoms with van der Waals surface area (Å²) in [5.41, 5.74) is -0.128. The predicted molar refractivity (Wildman–Crippen MR) is 84.6 cm³/mol. The molecule has 22 heavy (non-hydrogen) atoms. The maximum absolute atomic E-state index is 12.2. The molecule has 1 spiro atoms. The van der Waals surface area contributed by atoms with Gasteiger partial charge in [-0.3, -0.25) is 9.69 Å². The second kappa shape index (κ2) is 7.13. The summed E-state index contributed by atoms with van der Waals surface area (Å²) in [6.07, 6.45) is 3.71. The van der Waals surface area contributed by atoms with Gasteiger partial charge in [0, 0.05) is 44.7 Å². The minimum atomic E-state index is -0.242. The van der Waals surface area contributed by atoms with Crippen LogP contribution in [0.4, 0.5) is 4.79 Å². The summed E-state index contributed by atoms with van der Waals surface area (Å²) < 4.78 is 5.14. The van der Waals surface area contributed by atoms with Gasteiger partial charge in [-0.25, -0.2) is 4.79 Å². The van der Waals surface area contributed by atoms with Gasteiger partial charge >= 0.3 is 6.09 Å². The molecule has 0 bridgehead atoms. The highest BCUT2D eigenvalue weighted by molar-refractivity contribution is 5.77. The summed E-state index contributed by atoms with van der Waals surface area (Å²) in [7, 11) is 2.09. The van der Waals surface area contributed by atoms with E-state index in [0.717, 1.165) is 19.4 Å². The third-order valence-corrected chi connectivity index (χ3v) is 4.88. The van der Waals surface area contributed by atoms with Gasteiger partial charge < -0.3 is 14.5 Å². The van der Waals surface area contributed by atoms with E-state index in [-0.39, 0.29) is 17.5 Å². The van der Waals surface area contributed by atoms with Crippen LogP contribution in [0.25, 0.3) is 0 Å². The van der Waals surface area contributed by atoms with Crippen molar-refractivity contribution in [1.29, 1.82) is 0 Å². The molecule has 1 atom stereocenters. The molecule has 6 heteroatoms. The SMILES string of the molecule is C=CCN1CCC2(CCC1=O)CN(C(=O)OCC)CCN2C. The Morgan fingerprint density at radius 3 is 2.82 bits per heavy atom. The van der Waals surface area contributed by atoms with Crippen molar-refractivity contribution in [3.05, 3.63) is 12.7 Å². The highest BCUT2D eigenvalue weighted by Crippen LogP contribution is 2.32. The fraction of sp³-hybridized carbons (Fsp3) is 0.750. The molecule has 0 aromatic rings. The minimum absolute atomic E-state index is 0.128. The standard InChI is InChI=1S/C16H27N3O3/c1-4-9-18-10-8-16(7-6-14(18)20)13-19(12-11-17(16)3)15(21)22-5-2/h4H,1,5-13H2,2-3H3. The maximum atomic E-state index is 12.2. The third-order valence-electron chi connectivity index (χ3n) is 4.88. The average Bonchev–Trinajstić information content (AvgIpc) is 2.65. The van der Waals surface area contributed by atoms with Gasteiger partial charge in [-0.2, -0.15) is 0 Å². The Kier molecular flexibility index (Phi) is 5.45. The maximum Gasteiger partial charge on any atom is 0.409 e. The van der Waals surface area contributed by atoms with Crippen LogP contribution in [0.5, 0.6) is 0 Å². The molecular weight excluding hydrogens is 282 g/mol. The Morgan fingerprint density at radius 2 is 2.14 bits per heavy atom. The van der Waals surface area contributed by atoms with Gasteiger partial charge in [-0.15, -0.1) is 6.58 Å². The van der Waals surface area contributed by atoms with Crippen LogP contribution in [-0.2, 0) is 9.53 Å². The van der Waals surface area contributed by atoms with Crippen LogP contribution in [0.1, 0.15) is 26.2 Å². The fourth-order valence-electron chi connectivity index (χ4n) is 3.41. The zero-order valence-corrected chi connectivity index (χ0v) is 13.7. The van der Waals surface area contributed by atoms with Crippen LogP contribution in [0.15, 0.2) is 12.7 Å². The molecule has 0 aromatic carbocycles. The molecule has 0 radical (unpaired) electrons.